The van der Waals surface area contributed by atoms with Crippen LogP contribution in [0.5, 0.6) is 0 Å². The number of nitrogens with zero attached hydrogens (tertiary/aromatic N) is 3. The molecule has 0 radical (unpaired) electrons. The zero-order chi connectivity index (χ0) is 15.1. The minimum absolute atomic E-state index is 0.0153. The van der Waals surface area contributed by atoms with E-state index in [0.29, 0.717) is 24.2 Å². The van der Waals surface area contributed by atoms with E-state index in [4.69, 9.17) is 0 Å². The molecule has 1 amide bonds. The number of thiazole rings is 1. The summed E-state index contributed by atoms with van der Waals surface area (Å²) in [5.74, 6) is 0.371. The summed E-state index contributed by atoms with van der Waals surface area (Å²) in [4.78, 5) is 20.6. The van der Waals surface area contributed by atoms with Crippen LogP contribution < -0.4 is 0 Å². The average molecular weight is 317 g/mol. The highest BCUT2D eigenvalue weighted by Gasteiger charge is 2.47. The Morgan fingerprint density at radius 1 is 1.32 bits per heavy atom. The van der Waals surface area contributed by atoms with Crippen LogP contribution in [0.1, 0.15) is 16.1 Å². The fraction of sp³-hybridized carbons (Fsp3) is 0.375. The fourth-order valence-electron chi connectivity index (χ4n) is 3.42. The summed E-state index contributed by atoms with van der Waals surface area (Å²) in [6.45, 7) is 3.05. The Labute approximate surface area is 132 Å². The maximum absolute atomic E-state index is 13.7. The third-order valence-electron chi connectivity index (χ3n) is 4.61. The second kappa shape index (κ2) is 5.44. The van der Waals surface area contributed by atoms with Gasteiger partial charge in [-0.3, -0.25) is 9.69 Å². The summed E-state index contributed by atoms with van der Waals surface area (Å²) in [7, 11) is 0. The minimum atomic E-state index is -0.153. The molecule has 0 N–H and O–H groups in total. The van der Waals surface area contributed by atoms with Crippen LogP contribution in [-0.4, -0.2) is 46.4 Å². The summed E-state index contributed by atoms with van der Waals surface area (Å²) in [6.07, 6.45) is 0. The molecule has 2 aliphatic heterocycles. The van der Waals surface area contributed by atoms with E-state index in [9.17, 15) is 9.18 Å². The predicted octanol–water partition coefficient (Wildman–Crippen LogP) is 2.24. The number of likely N-dealkylation sites (tertiary alicyclic amines) is 2. The zero-order valence-electron chi connectivity index (χ0n) is 12.0. The van der Waals surface area contributed by atoms with Crippen LogP contribution in [0.25, 0.3) is 0 Å². The lowest BCUT2D eigenvalue weighted by atomic mass is 9.91. The third-order valence-corrected chi connectivity index (χ3v) is 5.20. The topological polar surface area (TPSA) is 36.4 Å². The normalized spacial score (nSPS) is 24.1. The molecule has 4 nitrogen and oxygen atoms in total. The number of halogens is 1. The second-order valence-corrected chi connectivity index (χ2v) is 6.65. The van der Waals surface area contributed by atoms with E-state index >= 15 is 0 Å². The van der Waals surface area contributed by atoms with Crippen LogP contribution in [0.2, 0.25) is 0 Å². The Morgan fingerprint density at radius 2 is 2.18 bits per heavy atom. The highest BCUT2D eigenvalue weighted by Crippen LogP contribution is 2.34. The van der Waals surface area contributed by atoms with E-state index in [1.165, 1.54) is 17.4 Å². The van der Waals surface area contributed by atoms with Gasteiger partial charge in [0, 0.05) is 49.1 Å². The van der Waals surface area contributed by atoms with Crippen molar-refractivity contribution in [3.8, 4) is 0 Å². The Hall–Kier alpha value is -1.79. The van der Waals surface area contributed by atoms with Gasteiger partial charge in [0.2, 0.25) is 0 Å². The van der Waals surface area contributed by atoms with E-state index in [1.807, 2.05) is 17.0 Å². The molecular weight excluding hydrogens is 301 g/mol. The lowest BCUT2D eigenvalue weighted by molar-refractivity contribution is 0.0423. The third kappa shape index (κ3) is 2.32. The summed E-state index contributed by atoms with van der Waals surface area (Å²) in [5.41, 5.74) is 2.94. The van der Waals surface area contributed by atoms with Crippen molar-refractivity contribution in [1.29, 1.82) is 0 Å². The molecule has 2 atom stereocenters. The fourth-order valence-corrected chi connectivity index (χ4v) is 3.94. The molecule has 2 fully saturated rings. The van der Waals surface area contributed by atoms with E-state index in [0.717, 1.165) is 25.2 Å². The predicted molar refractivity (Wildman–Crippen MR) is 82.1 cm³/mol. The number of amides is 1. The van der Waals surface area contributed by atoms with E-state index in [2.05, 4.69) is 9.88 Å². The average Bonchev–Trinajstić information content (AvgIpc) is 3.14. The SMILES string of the molecule is O=C(c1cscn1)N1C[C@@H]2CN(Cc3ccccc3F)[C@@H]2C1. The van der Waals surface area contributed by atoms with Gasteiger partial charge in [0.1, 0.15) is 11.5 Å². The van der Waals surface area contributed by atoms with Gasteiger partial charge < -0.3 is 4.90 Å². The van der Waals surface area contributed by atoms with Crippen molar-refractivity contribution in [2.75, 3.05) is 19.6 Å². The van der Waals surface area contributed by atoms with Gasteiger partial charge in [0.05, 0.1) is 5.51 Å². The lowest BCUT2D eigenvalue weighted by Crippen LogP contribution is -2.54. The molecule has 0 spiro atoms. The number of fused-ring (bicyclic) bond motifs is 1. The van der Waals surface area contributed by atoms with Crippen molar-refractivity contribution >= 4 is 17.2 Å². The molecule has 22 heavy (non-hydrogen) atoms. The first-order valence-electron chi connectivity index (χ1n) is 7.37. The Kier molecular flexibility index (Phi) is 3.43. The number of hydrogen-bond acceptors (Lipinski definition) is 4. The largest absolute Gasteiger partial charge is 0.335 e. The van der Waals surface area contributed by atoms with Crippen molar-refractivity contribution < 1.29 is 9.18 Å². The van der Waals surface area contributed by atoms with Crippen LogP contribution in [0.3, 0.4) is 0 Å². The van der Waals surface area contributed by atoms with Crippen molar-refractivity contribution in [3.63, 3.8) is 0 Å². The molecule has 0 bridgehead atoms. The molecule has 1 aromatic carbocycles. The van der Waals surface area contributed by atoms with Crippen molar-refractivity contribution in [1.82, 2.24) is 14.8 Å². The maximum atomic E-state index is 13.7. The van der Waals surface area contributed by atoms with E-state index in [1.54, 1.807) is 17.0 Å². The Bertz CT molecular complexity index is 690. The molecular formula is C16H16FN3OS. The molecule has 114 valence electrons. The number of benzene rings is 1. The summed E-state index contributed by atoms with van der Waals surface area (Å²) < 4.78 is 13.7. The molecule has 2 aliphatic rings. The lowest BCUT2D eigenvalue weighted by Gasteiger charge is -2.43. The number of carbonyl (C=O) groups excluding carboxylic acids is 1. The van der Waals surface area contributed by atoms with Gasteiger partial charge in [-0.25, -0.2) is 9.37 Å². The molecule has 6 heteroatoms. The van der Waals surface area contributed by atoms with E-state index < -0.39 is 0 Å². The van der Waals surface area contributed by atoms with Gasteiger partial charge in [-0.2, -0.15) is 0 Å². The van der Waals surface area contributed by atoms with E-state index in [-0.39, 0.29) is 11.7 Å². The monoisotopic (exact) mass is 317 g/mol. The van der Waals surface area contributed by atoms with Crippen LogP contribution in [0.15, 0.2) is 35.2 Å². The first kappa shape index (κ1) is 13.8. The van der Waals surface area contributed by atoms with Crippen LogP contribution in [-0.2, 0) is 6.54 Å². The number of hydrogen-bond donors (Lipinski definition) is 0. The zero-order valence-corrected chi connectivity index (χ0v) is 12.8. The number of carbonyl (C=O) groups is 1. The molecule has 2 saturated heterocycles. The van der Waals surface area contributed by atoms with Crippen molar-refractivity contribution in [2.24, 2.45) is 5.92 Å². The van der Waals surface area contributed by atoms with Gasteiger partial charge in [-0.15, -0.1) is 11.3 Å². The van der Waals surface area contributed by atoms with Crippen LogP contribution >= 0.6 is 11.3 Å². The first-order valence-corrected chi connectivity index (χ1v) is 8.31. The molecule has 3 heterocycles. The molecule has 0 unspecified atom stereocenters. The molecule has 0 aliphatic carbocycles. The first-order chi connectivity index (χ1) is 10.7. The Balaban J connectivity index is 1.41. The standard InChI is InChI=1S/C16H16FN3OS/c17-13-4-2-1-3-11(13)5-19-6-12-7-20(8-15(12)19)16(21)14-9-22-10-18-14/h1-4,9-10,12,15H,5-8H2/t12-,15+/m0/s1. The molecule has 0 saturated carbocycles. The summed E-state index contributed by atoms with van der Waals surface area (Å²) in [5, 5.41) is 1.79. The Morgan fingerprint density at radius 3 is 2.95 bits per heavy atom. The van der Waals surface area contributed by atoms with Gasteiger partial charge in [-0.05, 0) is 6.07 Å². The van der Waals surface area contributed by atoms with Gasteiger partial charge in [-0.1, -0.05) is 18.2 Å². The van der Waals surface area contributed by atoms with Crippen molar-refractivity contribution in [3.05, 3.63) is 52.2 Å². The molecule has 1 aromatic heterocycles. The minimum Gasteiger partial charge on any atom is -0.335 e. The van der Waals surface area contributed by atoms with Gasteiger partial charge >= 0.3 is 0 Å². The number of rotatable bonds is 3. The van der Waals surface area contributed by atoms with Crippen molar-refractivity contribution in [2.45, 2.75) is 12.6 Å². The summed E-state index contributed by atoms with van der Waals surface area (Å²) >= 11 is 1.44. The van der Waals surface area contributed by atoms with Gasteiger partial charge in [0.15, 0.2) is 0 Å². The highest BCUT2D eigenvalue weighted by atomic mass is 32.1. The van der Waals surface area contributed by atoms with Gasteiger partial charge in [0.25, 0.3) is 5.91 Å². The smallest absolute Gasteiger partial charge is 0.273 e. The number of aromatic nitrogens is 1. The quantitative estimate of drug-likeness (QED) is 0.871. The van der Waals surface area contributed by atoms with Crippen LogP contribution in [0, 0.1) is 11.7 Å². The molecule has 2 aromatic rings. The summed E-state index contributed by atoms with van der Waals surface area (Å²) in [6, 6.07) is 7.25. The highest BCUT2D eigenvalue weighted by molar-refractivity contribution is 7.07. The van der Waals surface area contributed by atoms with Crippen LogP contribution in [0.4, 0.5) is 4.39 Å². The second-order valence-electron chi connectivity index (χ2n) is 5.93. The maximum Gasteiger partial charge on any atom is 0.273 e. The molecule has 4 rings (SSSR count).